The van der Waals surface area contributed by atoms with E-state index in [0.717, 1.165) is 18.2 Å². The Kier molecular flexibility index (Phi) is 3.11. The predicted molar refractivity (Wildman–Crippen MR) is 47.4 cm³/mol. The Bertz CT molecular complexity index is 356. The Morgan fingerprint density at radius 1 is 1.27 bits per heavy atom. The number of anilines is 1. The van der Waals surface area contributed by atoms with Crippen LogP contribution in [0.3, 0.4) is 0 Å². The minimum absolute atomic E-state index is 0.0282. The fourth-order valence-corrected chi connectivity index (χ4v) is 0.974. The number of nitrogens with two attached hydrogens (primary N) is 1. The molecule has 4 nitrogen and oxygen atoms in total. The SMILES string of the molecule is Nc1ccc(OC(F)(F)F)cc1B(O)O. The molecule has 8 heteroatoms. The van der Waals surface area contributed by atoms with E-state index in [0.29, 0.717) is 0 Å². The average molecular weight is 221 g/mol. The van der Waals surface area contributed by atoms with Gasteiger partial charge in [-0.3, -0.25) is 0 Å². The fraction of sp³-hybridized carbons (Fsp3) is 0.143. The number of nitrogen functional groups attached to an aromatic ring is 1. The summed E-state index contributed by atoms with van der Waals surface area (Å²) in [7, 11) is -1.94. The molecule has 0 saturated carbocycles. The van der Waals surface area contributed by atoms with E-state index in [1.165, 1.54) is 0 Å². The van der Waals surface area contributed by atoms with E-state index in [2.05, 4.69) is 4.74 Å². The number of ether oxygens (including phenoxy) is 1. The van der Waals surface area contributed by atoms with Gasteiger partial charge in [-0.15, -0.1) is 13.2 Å². The third kappa shape index (κ3) is 3.33. The monoisotopic (exact) mass is 221 g/mol. The summed E-state index contributed by atoms with van der Waals surface area (Å²) >= 11 is 0. The van der Waals surface area contributed by atoms with E-state index in [1.807, 2.05) is 0 Å². The lowest BCUT2D eigenvalue weighted by molar-refractivity contribution is -0.274. The van der Waals surface area contributed by atoms with Crippen molar-refractivity contribution in [3.8, 4) is 5.75 Å². The first-order valence-corrected chi connectivity index (χ1v) is 3.81. The summed E-state index contributed by atoms with van der Waals surface area (Å²) in [4.78, 5) is 0. The molecule has 1 rings (SSSR count). The molecule has 0 aliphatic heterocycles. The summed E-state index contributed by atoms with van der Waals surface area (Å²) in [6, 6.07) is 2.89. The molecular formula is C7H7BF3NO3. The summed E-state index contributed by atoms with van der Waals surface area (Å²) in [6.45, 7) is 0. The molecule has 15 heavy (non-hydrogen) atoms. The molecule has 0 heterocycles. The zero-order chi connectivity index (χ0) is 11.6. The van der Waals surface area contributed by atoms with Crippen LogP contribution in [0, 0.1) is 0 Å². The van der Waals surface area contributed by atoms with Crippen molar-refractivity contribution in [3.63, 3.8) is 0 Å². The molecule has 0 unspecified atom stereocenters. The highest BCUT2D eigenvalue weighted by Gasteiger charge is 2.31. The van der Waals surface area contributed by atoms with Crippen molar-refractivity contribution in [2.75, 3.05) is 5.73 Å². The molecule has 82 valence electrons. The number of halogens is 3. The maximum atomic E-state index is 11.8. The van der Waals surface area contributed by atoms with Gasteiger partial charge in [0.05, 0.1) is 0 Å². The first-order valence-electron chi connectivity index (χ1n) is 3.81. The minimum atomic E-state index is -4.83. The zero-order valence-corrected chi connectivity index (χ0v) is 7.32. The molecule has 0 radical (unpaired) electrons. The van der Waals surface area contributed by atoms with Crippen LogP contribution in [0.2, 0.25) is 0 Å². The van der Waals surface area contributed by atoms with Gasteiger partial charge in [0.2, 0.25) is 0 Å². The second-order valence-corrected chi connectivity index (χ2v) is 2.71. The Morgan fingerprint density at radius 2 is 1.87 bits per heavy atom. The summed E-state index contributed by atoms with van der Waals surface area (Å²) in [5, 5.41) is 17.5. The van der Waals surface area contributed by atoms with Crippen LogP contribution in [0.15, 0.2) is 18.2 Å². The van der Waals surface area contributed by atoms with Crippen molar-refractivity contribution < 1.29 is 28.0 Å². The van der Waals surface area contributed by atoms with Crippen LogP contribution >= 0.6 is 0 Å². The van der Waals surface area contributed by atoms with E-state index in [4.69, 9.17) is 15.8 Å². The van der Waals surface area contributed by atoms with Crippen LogP contribution in [0.25, 0.3) is 0 Å². The topological polar surface area (TPSA) is 75.7 Å². The summed E-state index contributed by atoms with van der Waals surface area (Å²) in [5.74, 6) is -0.556. The smallest absolute Gasteiger partial charge is 0.423 e. The standard InChI is InChI=1S/C7H7BF3NO3/c9-7(10,11)15-4-1-2-6(12)5(3-4)8(13)14/h1-3,13-14H,12H2. The van der Waals surface area contributed by atoms with Gasteiger partial charge in [-0.1, -0.05) is 0 Å². The zero-order valence-electron chi connectivity index (χ0n) is 7.32. The molecule has 0 aliphatic carbocycles. The van der Waals surface area contributed by atoms with E-state index < -0.39 is 19.2 Å². The molecule has 4 N–H and O–H groups in total. The molecule has 1 aromatic rings. The van der Waals surface area contributed by atoms with Crippen LogP contribution in [0.1, 0.15) is 0 Å². The number of hydrogen-bond donors (Lipinski definition) is 3. The third-order valence-electron chi connectivity index (χ3n) is 1.57. The highest BCUT2D eigenvalue weighted by atomic mass is 19.4. The normalized spacial score (nSPS) is 11.3. The first kappa shape index (κ1) is 11.7. The highest BCUT2D eigenvalue weighted by molar-refractivity contribution is 6.60. The second kappa shape index (κ2) is 3.99. The Balaban J connectivity index is 2.98. The van der Waals surface area contributed by atoms with Gasteiger partial charge in [-0.2, -0.15) is 0 Å². The molecule has 0 atom stereocenters. The quantitative estimate of drug-likeness (QED) is 0.479. The molecule has 0 bridgehead atoms. The largest absolute Gasteiger partial charge is 0.573 e. The van der Waals surface area contributed by atoms with Crippen molar-refractivity contribution in [1.82, 2.24) is 0 Å². The van der Waals surface area contributed by atoms with Crippen LogP contribution in [-0.4, -0.2) is 23.5 Å². The summed E-state index contributed by atoms with van der Waals surface area (Å²) in [5.41, 5.74) is 5.03. The second-order valence-electron chi connectivity index (χ2n) is 2.71. The van der Waals surface area contributed by atoms with Crippen molar-refractivity contribution in [3.05, 3.63) is 18.2 Å². The fourth-order valence-electron chi connectivity index (χ4n) is 0.974. The number of rotatable bonds is 2. The molecule has 0 saturated heterocycles. The Hall–Kier alpha value is -1.41. The molecule has 0 fully saturated rings. The lowest BCUT2D eigenvalue weighted by Gasteiger charge is -2.11. The number of alkyl halides is 3. The molecule has 0 aliphatic rings. The third-order valence-corrected chi connectivity index (χ3v) is 1.57. The maximum absolute atomic E-state index is 11.8. The van der Waals surface area contributed by atoms with E-state index in [-0.39, 0.29) is 11.2 Å². The van der Waals surface area contributed by atoms with Gasteiger partial charge >= 0.3 is 13.5 Å². The summed E-state index contributed by atoms with van der Waals surface area (Å²) in [6.07, 6.45) is -4.83. The van der Waals surface area contributed by atoms with Crippen molar-refractivity contribution in [2.24, 2.45) is 0 Å². The predicted octanol–water partition coefficient (Wildman–Crippen LogP) is -0.153. The molecule has 0 spiro atoms. The van der Waals surface area contributed by atoms with Gasteiger partial charge in [-0.25, -0.2) is 0 Å². The van der Waals surface area contributed by atoms with Crippen LogP contribution < -0.4 is 15.9 Å². The molecule has 0 aromatic heterocycles. The summed E-state index contributed by atoms with van der Waals surface area (Å²) < 4.78 is 39.0. The highest BCUT2D eigenvalue weighted by Crippen LogP contribution is 2.22. The minimum Gasteiger partial charge on any atom is -0.423 e. The van der Waals surface area contributed by atoms with Crippen molar-refractivity contribution >= 4 is 18.3 Å². The lowest BCUT2D eigenvalue weighted by Crippen LogP contribution is -2.32. The van der Waals surface area contributed by atoms with Gasteiger partial charge in [0.25, 0.3) is 0 Å². The van der Waals surface area contributed by atoms with Crippen molar-refractivity contribution in [2.45, 2.75) is 6.36 Å². The Morgan fingerprint density at radius 3 is 2.33 bits per heavy atom. The van der Waals surface area contributed by atoms with Gasteiger partial charge in [-0.05, 0) is 18.2 Å². The van der Waals surface area contributed by atoms with E-state index >= 15 is 0 Å². The van der Waals surface area contributed by atoms with E-state index in [9.17, 15) is 13.2 Å². The Labute approximate surface area is 83.2 Å². The lowest BCUT2D eigenvalue weighted by atomic mass is 9.79. The van der Waals surface area contributed by atoms with Gasteiger partial charge < -0.3 is 20.5 Å². The van der Waals surface area contributed by atoms with Crippen molar-refractivity contribution in [1.29, 1.82) is 0 Å². The van der Waals surface area contributed by atoms with Crippen LogP contribution in [0.4, 0.5) is 18.9 Å². The van der Waals surface area contributed by atoms with Gasteiger partial charge in [0.15, 0.2) is 0 Å². The van der Waals surface area contributed by atoms with Gasteiger partial charge in [0.1, 0.15) is 5.75 Å². The van der Waals surface area contributed by atoms with E-state index in [1.54, 1.807) is 0 Å². The number of benzene rings is 1. The molecule has 0 amide bonds. The average Bonchev–Trinajstić information content (AvgIpc) is 2.05. The maximum Gasteiger partial charge on any atom is 0.573 e. The molecular weight excluding hydrogens is 214 g/mol. The first-order chi connectivity index (χ1) is 6.79. The van der Waals surface area contributed by atoms with Crippen LogP contribution in [0.5, 0.6) is 5.75 Å². The number of hydrogen-bond acceptors (Lipinski definition) is 4. The van der Waals surface area contributed by atoms with Crippen LogP contribution in [-0.2, 0) is 0 Å². The molecule has 1 aromatic carbocycles. The van der Waals surface area contributed by atoms with Gasteiger partial charge in [0, 0.05) is 11.2 Å².